The predicted octanol–water partition coefficient (Wildman–Crippen LogP) is 1.33. The second kappa shape index (κ2) is 11.6. The largest absolute Gasteiger partial charge is 0.477 e. The van der Waals surface area contributed by atoms with Crippen LogP contribution >= 0.6 is 46.2 Å². The van der Waals surface area contributed by atoms with Crippen molar-refractivity contribution in [2.75, 3.05) is 37.4 Å². The van der Waals surface area contributed by atoms with Crippen LogP contribution in [0.2, 0.25) is 0 Å². The Morgan fingerprint density at radius 2 is 1.98 bits per heavy atom. The summed E-state index contributed by atoms with van der Waals surface area (Å²) in [7, 11) is 2.09. The number of carboxylic acids is 2. The van der Waals surface area contributed by atoms with Crippen LogP contribution in [0.25, 0.3) is 0 Å². The molecule has 41 heavy (non-hydrogen) atoms. The molecule has 0 saturated carbocycles. The molecular weight excluding hydrogens is 615 g/mol. The topological polar surface area (TPSA) is 208 Å². The number of thioether (sulfide) groups is 2. The SMILES string of the molecule is C[N+]1(Cc2nc(SCC3=C(C(=O)O)N4C(=O)[C@@H](NC(=O)/C(=N\O)c5csc(N)n5)C4SC3)sc2C(=O)O)CCCC1. The quantitative estimate of drug-likeness (QED) is 0.0622. The molecule has 2 aromatic rings. The Kier molecular flexibility index (Phi) is 8.29. The van der Waals surface area contributed by atoms with Gasteiger partial charge in [-0.3, -0.25) is 14.5 Å². The number of hydrogen-bond acceptors (Lipinski definition) is 13. The normalized spacial score (nSPS) is 21.9. The molecule has 218 valence electrons. The molecule has 5 heterocycles. The maximum Gasteiger partial charge on any atom is 0.352 e. The number of likely N-dealkylation sites (tertiary alicyclic amines) is 1. The molecule has 0 radical (unpaired) electrons. The van der Waals surface area contributed by atoms with E-state index in [4.69, 9.17) is 5.73 Å². The third-order valence-corrected chi connectivity index (χ3v) is 11.4. The molecule has 2 amide bonds. The summed E-state index contributed by atoms with van der Waals surface area (Å²) in [5, 5.41) is 35.5. The van der Waals surface area contributed by atoms with Gasteiger partial charge in [-0.1, -0.05) is 16.9 Å². The Morgan fingerprint density at radius 1 is 1.24 bits per heavy atom. The van der Waals surface area contributed by atoms with Crippen molar-refractivity contribution >= 4 is 80.8 Å². The van der Waals surface area contributed by atoms with Crippen LogP contribution in [0.5, 0.6) is 0 Å². The van der Waals surface area contributed by atoms with Crippen molar-refractivity contribution in [2.24, 2.45) is 5.16 Å². The number of carbonyl (C=O) groups is 4. The Morgan fingerprint density at radius 3 is 2.59 bits per heavy atom. The van der Waals surface area contributed by atoms with Crippen LogP contribution in [0.3, 0.4) is 0 Å². The number of thiazole rings is 2. The summed E-state index contributed by atoms with van der Waals surface area (Å²) in [5.74, 6) is -3.30. The first-order valence-electron chi connectivity index (χ1n) is 12.3. The molecule has 2 fully saturated rings. The highest BCUT2D eigenvalue weighted by Crippen LogP contribution is 2.42. The predicted molar refractivity (Wildman–Crippen MR) is 153 cm³/mol. The number of aromatic nitrogens is 2. The molecule has 0 aliphatic carbocycles. The lowest BCUT2D eigenvalue weighted by molar-refractivity contribution is -0.911. The number of nitrogens with two attached hydrogens (primary N) is 1. The molecule has 2 saturated heterocycles. The number of quaternary nitrogens is 1. The number of β-lactam (4-membered cyclic amide) rings is 1. The van der Waals surface area contributed by atoms with Crippen molar-refractivity contribution in [3.63, 3.8) is 0 Å². The van der Waals surface area contributed by atoms with Gasteiger partial charge in [-0.05, 0) is 5.57 Å². The van der Waals surface area contributed by atoms with Gasteiger partial charge in [0.25, 0.3) is 11.8 Å². The van der Waals surface area contributed by atoms with E-state index in [9.17, 15) is 34.6 Å². The van der Waals surface area contributed by atoms with E-state index in [2.05, 4.69) is 27.5 Å². The molecule has 18 heteroatoms. The zero-order valence-electron chi connectivity index (χ0n) is 21.6. The summed E-state index contributed by atoms with van der Waals surface area (Å²) in [5.41, 5.74) is 6.07. The molecule has 14 nitrogen and oxygen atoms in total. The number of carboxylic acid groups (broad SMARTS) is 2. The van der Waals surface area contributed by atoms with E-state index in [-0.39, 0.29) is 32.9 Å². The Bertz CT molecular complexity index is 1480. The molecule has 0 bridgehead atoms. The smallest absolute Gasteiger partial charge is 0.352 e. The van der Waals surface area contributed by atoms with E-state index in [1.807, 2.05) is 0 Å². The van der Waals surface area contributed by atoms with Gasteiger partial charge in [-0.2, -0.15) is 0 Å². The number of aliphatic carboxylic acids is 1. The fraction of sp³-hybridized carbons (Fsp3) is 0.435. The molecule has 1 unspecified atom stereocenters. The molecule has 0 spiro atoms. The number of anilines is 1. The molecule has 3 aliphatic rings. The van der Waals surface area contributed by atoms with Gasteiger partial charge in [-0.15, -0.1) is 34.4 Å². The number of nitrogen functional groups attached to an aromatic ring is 1. The molecule has 0 aromatic carbocycles. The van der Waals surface area contributed by atoms with E-state index >= 15 is 0 Å². The van der Waals surface area contributed by atoms with Gasteiger partial charge in [0.2, 0.25) is 0 Å². The maximum atomic E-state index is 13.0. The second-order valence-electron chi connectivity index (χ2n) is 9.92. The minimum atomic E-state index is -1.28. The first-order chi connectivity index (χ1) is 19.5. The zero-order chi connectivity index (χ0) is 29.5. The molecule has 5 rings (SSSR count). The fourth-order valence-corrected chi connectivity index (χ4v) is 9.09. The van der Waals surface area contributed by atoms with Gasteiger partial charge in [0.15, 0.2) is 15.2 Å². The highest BCUT2D eigenvalue weighted by Gasteiger charge is 2.54. The second-order valence-corrected chi connectivity index (χ2v) is 14.1. The molecular formula is C23H26N7O7S4+. The summed E-state index contributed by atoms with van der Waals surface area (Å²) in [6, 6.07) is -1.03. The highest BCUT2D eigenvalue weighted by molar-refractivity contribution is 8.01. The number of fused-ring (bicyclic) bond motifs is 1. The van der Waals surface area contributed by atoms with Gasteiger partial charge < -0.3 is 31.0 Å². The Balaban J connectivity index is 1.29. The summed E-state index contributed by atoms with van der Waals surface area (Å²) in [4.78, 5) is 59.7. The number of carbonyl (C=O) groups excluding carboxylic acids is 2. The van der Waals surface area contributed by atoms with Gasteiger partial charge in [0.1, 0.15) is 39.9 Å². The number of aromatic carboxylic acids is 1. The first-order valence-corrected chi connectivity index (χ1v) is 16.1. The lowest BCUT2D eigenvalue weighted by Gasteiger charge is -2.49. The van der Waals surface area contributed by atoms with Crippen LogP contribution in [0.4, 0.5) is 5.13 Å². The van der Waals surface area contributed by atoms with Crippen LogP contribution in [-0.2, 0) is 20.9 Å². The van der Waals surface area contributed by atoms with Crippen LogP contribution in [0.15, 0.2) is 26.1 Å². The van der Waals surface area contributed by atoms with Crippen molar-refractivity contribution in [2.45, 2.75) is 35.1 Å². The number of rotatable bonds is 10. The van der Waals surface area contributed by atoms with Crippen molar-refractivity contribution in [1.29, 1.82) is 0 Å². The average molecular weight is 641 g/mol. The van der Waals surface area contributed by atoms with E-state index in [1.54, 1.807) is 0 Å². The van der Waals surface area contributed by atoms with E-state index < -0.39 is 40.9 Å². The summed E-state index contributed by atoms with van der Waals surface area (Å²) < 4.78 is 1.25. The van der Waals surface area contributed by atoms with Gasteiger partial charge in [0.05, 0.1) is 20.1 Å². The number of nitrogens with zero attached hydrogens (tertiary/aromatic N) is 5. The number of amides is 2. The molecule has 6 N–H and O–H groups in total. The lowest BCUT2D eigenvalue weighted by Crippen LogP contribution is -2.71. The maximum absolute atomic E-state index is 13.0. The highest BCUT2D eigenvalue weighted by atomic mass is 32.2. The third kappa shape index (κ3) is 5.78. The van der Waals surface area contributed by atoms with Crippen LogP contribution in [0, 0.1) is 0 Å². The molecule has 2 atom stereocenters. The van der Waals surface area contributed by atoms with Crippen molar-refractivity contribution in [3.05, 3.63) is 32.9 Å². The van der Waals surface area contributed by atoms with Crippen LogP contribution in [0.1, 0.15) is 33.9 Å². The Hall–Kier alpha value is -3.19. The van der Waals surface area contributed by atoms with Crippen molar-refractivity contribution in [1.82, 2.24) is 20.2 Å². The van der Waals surface area contributed by atoms with Gasteiger partial charge >= 0.3 is 11.9 Å². The zero-order valence-corrected chi connectivity index (χ0v) is 24.9. The number of oxime groups is 1. The standard InChI is InChI=1S/C23H25N7O7S4/c1-30(4-2-3-5-30)6-11-16(21(35)36)41-23(26-11)40-8-10-7-38-19-14(18(32)29(19)15(10)20(33)34)27-17(31)13(28-37)12-9-39-22(24)25-12/h9,14,19H,2-8H2,1H3,(H5-,24,25,27,31,33,34,35,36,37)/p+1/t14-,19?/m1/s1. The van der Waals surface area contributed by atoms with Crippen LogP contribution < -0.4 is 11.1 Å². The van der Waals surface area contributed by atoms with Gasteiger partial charge in [0, 0.05) is 29.7 Å². The van der Waals surface area contributed by atoms with Crippen molar-refractivity contribution < 1.29 is 39.1 Å². The molecule has 2 aromatic heterocycles. The van der Waals surface area contributed by atoms with Crippen LogP contribution in [-0.4, -0.2) is 107 Å². The minimum absolute atomic E-state index is 0.0468. The van der Waals surface area contributed by atoms with E-state index in [0.29, 0.717) is 22.2 Å². The Labute approximate surface area is 249 Å². The molecule has 3 aliphatic heterocycles. The van der Waals surface area contributed by atoms with Crippen molar-refractivity contribution in [3.8, 4) is 0 Å². The average Bonchev–Trinajstić information content (AvgIpc) is 3.66. The monoisotopic (exact) mass is 640 g/mol. The summed E-state index contributed by atoms with van der Waals surface area (Å²) >= 11 is 4.65. The van der Waals surface area contributed by atoms with E-state index in [0.717, 1.165) is 58.0 Å². The number of nitrogens with one attached hydrogen (secondary N) is 1. The number of hydrogen-bond donors (Lipinski definition) is 5. The summed E-state index contributed by atoms with van der Waals surface area (Å²) in [6.07, 6.45) is 2.18. The minimum Gasteiger partial charge on any atom is -0.477 e. The third-order valence-electron chi connectivity index (χ3n) is 7.04. The fourth-order valence-electron chi connectivity index (χ4n) is 5.05. The lowest BCUT2D eigenvalue weighted by atomic mass is 10.0. The van der Waals surface area contributed by atoms with Gasteiger partial charge in [-0.25, -0.2) is 19.6 Å². The first kappa shape index (κ1) is 29.3. The summed E-state index contributed by atoms with van der Waals surface area (Å²) in [6.45, 7) is 2.45. The van der Waals surface area contributed by atoms with E-state index in [1.165, 1.54) is 28.9 Å².